The number of carbonyl (C=O) groups excluding carboxylic acids is 2. The third-order valence-electron chi connectivity index (χ3n) is 2.05. The molecule has 0 radical (unpaired) electrons. The van der Waals surface area contributed by atoms with Crippen LogP contribution < -0.4 is 0 Å². The molecule has 16 heavy (non-hydrogen) atoms. The van der Waals surface area contributed by atoms with Crippen molar-refractivity contribution in [3.63, 3.8) is 0 Å². The van der Waals surface area contributed by atoms with E-state index in [1.165, 1.54) is 0 Å². The van der Waals surface area contributed by atoms with Crippen LogP contribution in [-0.4, -0.2) is 37.4 Å². The molecule has 5 nitrogen and oxygen atoms in total. The number of esters is 2. The summed E-state index contributed by atoms with van der Waals surface area (Å²) in [5.41, 5.74) is 0. The highest BCUT2D eigenvalue weighted by Gasteiger charge is 2.28. The molecule has 0 aliphatic carbocycles. The third kappa shape index (κ3) is 4.44. The molecule has 5 heteroatoms. The number of hydrogen-bond acceptors (Lipinski definition) is 5. The SMILES string of the molecule is C=CC(=O)OC(CCC)C(=O)OCC1CO1. The molecule has 0 N–H and O–H groups in total. The monoisotopic (exact) mass is 228 g/mol. The van der Waals surface area contributed by atoms with Crippen molar-refractivity contribution in [2.75, 3.05) is 13.2 Å². The van der Waals surface area contributed by atoms with Gasteiger partial charge < -0.3 is 14.2 Å². The lowest BCUT2D eigenvalue weighted by Gasteiger charge is -2.14. The zero-order valence-corrected chi connectivity index (χ0v) is 9.31. The van der Waals surface area contributed by atoms with Gasteiger partial charge >= 0.3 is 11.9 Å². The van der Waals surface area contributed by atoms with Gasteiger partial charge in [-0.1, -0.05) is 19.9 Å². The van der Waals surface area contributed by atoms with Crippen molar-refractivity contribution in [2.45, 2.75) is 32.0 Å². The van der Waals surface area contributed by atoms with E-state index in [1.807, 2.05) is 6.92 Å². The molecular weight excluding hydrogens is 212 g/mol. The fourth-order valence-corrected chi connectivity index (χ4v) is 1.11. The van der Waals surface area contributed by atoms with E-state index in [-0.39, 0.29) is 12.7 Å². The Hall–Kier alpha value is -1.36. The number of carbonyl (C=O) groups is 2. The van der Waals surface area contributed by atoms with Crippen LogP contribution in [-0.2, 0) is 23.8 Å². The topological polar surface area (TPSA) is 65.1 Å². The summed E-state index contributed by atoms with van der Waals surface area (Å²) >= 11 is 0. The van der Waals surface area contributed by atoms with Crippen LogP contribution in [0.2, 0.25) is 0 Å². The van der Waals surface area contributed by atoms with Crippen LogP contribution in [0.4, 0.5) is 0 Å². The Kier molecular flexibility index (Phi) is 4.98. The van der Waals surface area contributed by atoms with Crippen molar-refractivity contribution < 1.29 is 23.8 Å². The van der Waals surface area contributed by atoms with Gasteiger partial charge in [0.2, 0.25) is 0 Å². The minimum atomic E-state index is -0.839. The van der Waals surface area contributed by atoms with Crippen molar-refractivity contribution >= 4 is 11.9 Å². The molecule has 1 fully saturated rings. The second-order valence-electron chi connectivity index (χ2n) is 3.50. The maximum absolute atomic E-state index is 11.5. The van der Waals surface area contributed by atoms with Crippen LogP contribution in [0.15, 0.2) is 12.7 Å². The van der Waals surface area contributed by atoms with Gasteiger partial charge in [-0.05, 0) is 6.42 Å². The van der Waals surface area contributed by atoms with Crippen LogP contribution in [0.1, 0.15) is 19.8 Å². The molecule has 0 spiro atoms. The molecule has 1 rings (SSSR count). The summed E-state index contributed by atoms with van der Waals surface area (Å²) in [5.74, 6) is -1.13. The fourth-order valence-electron chi connectivity index (χ4n) is 1.11. The number of hydrogen-bond donors (Lipinski definition) is 0. The zero-order valence-electron chi connectivity index (χ0n) is 9.31. The maximum atomic E-state index is 11.5. The quantitative estimate of drug-likeness (QED) is 0.367. The van der Waals surface area contributed by atoms with Gasteiger partial charge in [-0.25, -0.2) is 9.59 Å². The van der Waals surface area contributed by atoms with E-state index in [9.17, 15) is 9.59 Å². The fraction of sp³-hybridized carbons (Fsp3) is 0.636. The average Bonchev–Trinajstić information content (AvgIpc) is 3.08. The minimum absolute atomic E-state index is 0.0151. The van der Waals surface area contributed by atoms with Gasteiger partial charge in [0.1, 0.15) is 12.7 Å². The van der Waals surface area contributed by atoms with Crippen molar-refractivity contribution in [1.29, 1.82) is 0 Å². The molecule has 0 aromatic carbocycles. The first-order valence-corrected chi connectivity index (χ1v) is 5.28. The lowest BCUT2D eigenvalue weighted by atomic mass is 10.2. The Labute approximate surface area is 94.4 Å². The third-order valence-corrected chi connectivity index (χ3v) is 2.05. The average molecular weight is 228 g/mol. The van der Waals surface area contributed by atoms with E-state index in [4.69, 9.17) is 14.2 Å². The molecule has 0 aromatic heterocycles. The Morgan fingerprint density at radius 3 is 2.81 bits per heavy atom. The highest BCUT2D eigenvalue weighted by molar-refractivity contribution is 5.85. The second kappa shape index (κ2) is 6.27. The van der Waals surface area contributed by atoms with Gasteiger partial charge in [0.25, 0.3) is 0 Å². The number of epoxide rings is 1. The van der Waals surface area contributed by atoms with Gasteiger partial charge in [-0.2, -0.15) is 0 Å². The Balaban J connectivity index is 2.36. The Morgan fingerprint density at radius 2 is 2.31 bits per heavy atom. The van der Waals surface area contributed by atoms with Crippen molar-refractivity contribution in [3.05, 3.63) is 12.7 Å². The summed E-state index contributed by atoms with van der Waals surface area (Å²) in [5, 5.41) is 0. The van der Waals surface area contributed by atoms with Crippen LogP contribution in [0.5, 0.6) is 0 Å². The van der Waals surface area contributed by atoms with E-state index in [0.29, 0.717) is 13.0 Å². The first-order chi connectivity index (χ1) is 7.67. The molecule has 1 heterocycles. The summed E-state index contributed by atoms with van der Waals surface area (Å²) in [6, 6.07) is 0. The van der Waals surface area contributed by atoms with E-state index in [2.05, 4.69) is 6.58 Å². The van der Waals surface area contributed by atoms with Crippen LogP contribution in [0.25, 0.3) is 0 Å². The molecule has 0 saturated carbocycles. The molecule has 1 aliphatic rings. The number of ether oxygens (including phenoxy) is 3. The molecule has 0 amide bonds. The van der Waals surface area contributed by atoms with Crippen molar-refractivity contribution in [3.8, 4) is 0 Å². The predicted octanol–water partition coefficient (Wildman–Crippen LogP) is 0.826. The number of rotatable bonds is 7. The van der Waals surface area contributed by atoms with Crippen molar-refractivity contribution in [2.24, 2.45) is 0 Å². The zero-order chi connectivity index (χ0) is 12.0. The van der Waals surface area contributed by atoms with Gasteiger partial charge in [0, 0.05) is 6.08 Å². The maximum Gasteiger partial charge on any atom is 0.347 e. The van der Waals surface area contributed by atoms with Gasteiger partial charge in [0.15, 0.2) is 6.10 Å². The summed E-state index contributed by atoms with van der Waals surface area (Å²) in [6.07, 6.45) is 1.38. The second-order valence-corrected chi connectivity index (χ2v) is 3.50. The highest BCUT2D eigenvalue weighted by Crippen LogP contribution is 2.11. The smallest absolute Gasteiger partial charge is 0.347 e. The van der Waals surface area contributed by atoms with E-state index < -0.39 is 18.0 Å². The lowest BCUT2D eigenvalue weighted by molar-refractivity contribution is -0.165. The molecule has 2 unspecified atom stereocenters. The van der Waals surface area contributed by atoms with Crippen molar-refractivity contribution in [1.82, 2.24) is 0 Å². The van der Waals surface area contributed by atoms with E-state index >= 15 is 0 Å². The lowest BCUT2D eigenvalue weighted by Crippen LogP contribution is -2.29. The largest absolute Gasteiger partial charge is 0.460 e. The summed E-state index contributed by atoms with van der Waals surface area (Å²) in [7, 11) is 0. The van der Waals surface area contributed by atoms with Gasteiger partial charge in [-0.15, -0.1) is 0 Å². The summed E-state index contributed by atoms with van der Waals surface area (Å²) in [4.78, 5) is 22.5. The normalized spacial score (nSPS) is 19.7. The Morgan fingerprint density at radius 1 is 1.62 bits per heavy atom. The summed E-state index contributed by atoms with van der Waals surface area (Å²) < 4.78 is 14.7. The van der Waals surface area contributed by atoms with Crippen LogP contribution in [0, 0.1) is 0 Å². The van der Waals surface area contributed by atoms with E-state index in [1.54, 1.807) is 0 Å². The standard InChI is InChI=1S/C11H16O5/c1-3-5-9(16-10(12)4-2)11(13)15-7-8-6-14-8/h4,8-9H,2-3,5-7H2,1H3. The molecule has 1 aliphatic heterocycles. The van der Waals surface area contributed by atoms with Crippen LogP contribution in [0.3, 0.4) is 0 Å². The van der Waals surface area contributed by atoms with E-state index in [0.717, 1.165) is 12.5 Å². The Bertz CT molecular complexity index is 270. The first-order valence-electron chi connectivity index (χ1n) is 5.28. The first kappa shape index (κ1) is 12.7. The molecular formula is C11H16O5. The molecule has 90 valence electrons. The highest BCUT2D eigenvalue weighted by atomic mass is 16.6. The molecule has 0 aromatic rings. The molecule has 0 bridgehead atoms. The van der Waals surface area contributed by atoms with Gasteiger partial charge in [-0.3, -0.25) is 0 Å². The molecule has 2 atom stereocenters. The predicted molar refractivity (Wildman–Crippen MR) is 55.7 cm³/mol. The molecule has 1 saturated heterocycles. The summed E-state index contributed by atoms with van der Waals surface area (Å²) in [6.45, 7) is 6.02. The minimum Gasteiger partial charge on any atom is -0.460 e. The van der Waals surface area contributed by atoms with Crippen LogP contribution >= 0.6 is 0 Å². The van der Waals surface area contributed by atoms with Gasteiger partial charge in [0.05, 0.1) is 6.61 Å².